The van der Waals surface area contributed by atoms with E-state index in [1.54, 1.807) is 0 Å². The van der Waals surface area contributed by atoms with Crippen LogP contribution in [0.25, 0.3) is 10.9 Å². The van der Waals surface area contributed by atoms with Crippen molar-refractivity contribution in [3.8, 4) is 0 Å². The molecule has 4 heterocycles. The summed E-state index contributed by atoms with van der Waals surface area (Å²) in [5, 5.41) is 1.39. The second-order valence-electron chi connectivity index (χ2n) is 8.67. The molecule has 152 valence electrons. The first kappa shape index (κ1) is 18.5. The Balaban J connectivity index is 1.29. The predicted molar refractivity (Wildman–Crippen MR) is 121 cm³/mol. The van der Waals surface area contributed by atoms with Gasteiger partial charge in [0.1, 0.15) is 5.82 Å². The molecule has 29 heavy (non-hydrogen) atoms. The number of aromatic nitrogens is 2. The highest BCUT2D eigenvalue weighted by molar-refractivity contribution is 5.91. The number of hydrogen-bond acceptors (Lipinski definition) is 4. The van der Waals surface area contributed by atoms with Gasteiger partial charge in [0.05, 0.1) is 5.52 Å². The maximum Gasteiger partial charge on any atom is 0.128 e. The van der Waals surface area contributed by atoms with Crippen molar-refractivity contribution in [1.29, 1.82) is 0 Å². The molecule has 2 aliphatic rings. The number of rotatable bonds is 4. The molecular formula is C24H31N5. The molecule has 2 aromatic heterocycles. The number of anilines is 2. The molecule has 5 nitrogen and oxygen atoms in total. The molecule has 0 bridgehead atoms. The Morgan fingerprint density at radius 3 is 2.66 bits per heavy atom. The van der Waals surface area contributed by atoms with Gasteiger partial charge >= 0.3 is 0 Å². The molecule has 0 amide bonds. The van der Waals surface area contributed by atoms with Crippen molar-refractivity contribution >= 4 is 22.4 Å². The van der Waals surface area contributed by atoms with Crippen molar-refractivity contribution in [1.82, 2.24) is 14.5 Å². The summed E-state index contributed by atoms with van der Waals surface area (Å²) in [4.78, 5) is 9.57. The summed E-state index contributed by atoms with van der Waals surface area (Å²) in [5.74, 6) is 1.12. The summed E-state index contributed by atoms with van der Waals surface area (Å²) in [6.07, 6.45) is 5.39. The van der Waals surface area contributed by atoms with Crippen LogP contribution in [-0.2, 0) is 19.4 Å². The Labute approximate surface area is 173 Å². The molecule has 1 saturated heterocycles. The second-order valence-corrected chi connectivity index (χ2v) is 8.67. The summed E-state index contributed by atoms with van der Waals surface area (Å²) in [5.41, 5.74) is 14.2. The Morgan fingerprint density at radius 1 is 1.03 bits per heavy atom. The van der Waals surface area contributed by atoms with Crippen LogP contribution in [0.5, 0.6) is 0 Å². The standard InChI is InChI=1S/C24H31N5/c1-17-5-7-26-23(14-17)28-12-10-27(11-13-28)9-6-21-18(2)29-8-3-4-19-15-20(25)16-22(21)24(19)29/h5,7,14-16H,3-4,6,8-13,25H2,1-2H3. The number of nitrogens with two attached hydrogens (primary N) is 1. The minimum Gasteiger partial charge on any atom is -0.399 e. The molecule has 0 aliphatic carbocycles. The summed E-state index contributed by atoms with van der Waals surface area (Å²) >= 11 is 0. The normalized spacial score (nSPS) is 17.2. The third kappa shape index (κ3) is 3.38. The van der Waals surface area contributed by atoms with Crippen molar-refractivity contribution in [2.45, 2.75) is 39.7 Å². The maximum absolute atomic E-state index is 6.24. The van der Waals surface area contributed by atoms with E-state index < -0.39 is 0 Å². The van der Waals surface area contributed by atoms with E-state index in [1.165, 1.54) is 39.7 Å². The Bertz CT molecular complexity index is 1040. The van der Waals surface area contributed by atoms with E-state index in [9.17, 15) is 0 Å². The van der Waals surface area contributed by atoms with Crippen molar-refractivity contribution in [3.63, 3.8) is 0 Å². The highest BCUT2D eigenvalue weighted by Crippen LogP contribution is 2.34. The Kier molecular flexibility index (Phi) is 4.70. The molecule has 1 aromatic carbocycles. The van der Waals surface area contributed by atoms with Gasteiger partial charge < -0.3 is 15.2 Å². The zero-order valence-corrected chi connectivity index (χ0v) is 17.6. The van der Waals surface area contributed by atoms with Crippen molar-refractivity contribution in [2.75, 3.05) is 43.4 Å². The number of nitrogens with zero attached hydrogens (tertiary/aromatic N) is 4. The lowest BCUT2D eigenvalue weighted by molar-refractivity contribution is 0.260. The SMILES string of the molecule is Cc1ccnc(N2CCN(CCc3c(C)n4c5c(cc(N)cc35)CCC4)CC2)c1. The molecule has 1 fully saturated rings. The Hall–Kier alpha value is -2.53. The van der Waals surface area contributed by atoms with Crippen LogP contribution < -0.4 is 10.6 Å². The van der Waals surface area contributed by atoms with Crippen molar-refractivity contribution in [3.05, 3.63) is 52.8 Å². The lowest BCUT2D eigenvalue weighted by Gasteiger charge is -2.35. The average Bonchev–Trinajstić information content (AvgIpc) is 2.99. The number of hydrogen-bond donors (Lipinski definition) is 1. The van der Waals surface area contributed by atoms with Gasteiger partial charge in [-0.15, -0.1) is 0 Å². The van der Waals surface area contributed by atoms with E-state index in [-0.39, 0.29) is 0 Å². The molecule has 2 aliphatic heterocycles. The minimum absolute atomic E-state index is 0.909. The van der Waals surface area contributed by atoms with Crippen LogP contribution in [0.3, 0.4) is 0 Å². The van der Waals surface area contributed by atoms with E-state index in [0.717, 1.165) is 63.6 Å². The van der Waals surface area contributed by atoms with E-state index in [0.29, 0.717) is 0 Å². The third-order valence-corrected chi connectivity index (χ3v) is 6.75. The number of piperazine rings is 1. The first-order valence-electron chi connectivity index (χ1n) is 10.9. The molecule has 5 heteroatoms. The second kappa shape index (κ2) is 7.38. The highest BCUT2D eigenvalue weighted by atomic mass is 15.3. The fourth-order valence-corrected chi connectivity index (χ4v) is 5.17. The number of nitrogen functional groups attached to an aromatic ring is 1. The molecular weight excluding hydrogens is 358 g/mol. The van der Waals surface area contributed by atoms with Gasteiger partial charge in [-0.1, -0.05) is 0 Å². The van der Waals surface area contributed by atoms with Crippen LogP contribution in [0.1, 0.15) is 28.8 Å². The van der Waals surface area contributed by atoms with Crippen LogP contribution in [0.4, 0.5) is 11.5 Å². The van der Waals surface area contributed by atoms with Gasteiger partial charge in [0.2, 0.25) is 0 Å². The predicted octanol–water partition coefficient (Wildman–Crippen LogP) is 3.55. The summed E-state index contributed by atoms with van der Waals surface area (Å²) < 4.78 is 2.53. The van der Waals surface area contributed by atoms with Crippen molar-refractivity contribution < 1.29 is 0 Å². The van der Waals surface area contributed by atoms with Crippen molar-refractivity contribution in [2.24, 2.45) is 0 Å². The zero-order chi connectivity index (χ0) is 20.0. The zero-order valence-electron chi connectivity index (χ0n) is 17.6. The van der Waals surface area contributed by atoms with Crippen LogP contribution >= 0.6 is 0 Å². The van der Waals surface area contributed by atoms with E-state index in [4.69, 9.17) is 5.73 Å². The lowest BCUT2D eigenvalue weighted by Crippen LogP contribution is -2.47. The first-order valence-corrected chi connectivity index (χ1v) is 10.9. The van der Waals surface area contributed by atoms with Gasteiger partial charge in [0.15, 0.2) is 0 Å². The quantitative estimate of drug-likeness (QED) is 0.694. The number of benzene rings is 1. The van der Waals surface area contributed by atoms with E-state index in [1.807, 2.05) is 6.20 Å². The van der Waals surface area contributed by atoms with Crippen LogP contribution in [0.2, 0.25) is 0 Å². The maximum atomic E-state index is 6.24. The van der Waals surface area contributed by atoms with Gasteiger partial charge in [-0.25, -0.2) is 4.98 Å². The molecule has 3 aromatic rings. The monoisotopic (exact) mass is 389 g/mol. The fourth-order valence-electron chi connectivity index (χ4n) is 5.17. The average molecular weight is 390 g/mol. The van der Waals surface area contributed by atoms with E-state index in [2.05, 4.69) is 57.5 Å². The molecule has 0 saturated carbocycles. The fraction of sp³-hybridized carbons (Fsp3) is 0.458. The van der Waals surface area contributed by atoms with Crippen LogP contribution in [0, 0.1) is 13.8 Å². The molecule has 2 N–H and O–H groups in total. The van der Waals surface area contributed by atoms with Gasteiger partial charge in [-0.3, -0.25) is 4.90 Å². The smallest absolute Gasteiger partial charge is 0.128 e. The summed E-state index contributed by atoms with van der Waals surface area (Å²) in [7, 11) is 0. The molecule has 0 spiro atoms. The van der Waals surface area contributed by atoms with Gasteiger partial charge in [0, 0.05) is 62.2 Å². The summed E-state index contributed by atoms with van der Waals surface area (Å²) in [6.45, 7) is 11.0. The molecule has 0 unspecified atom stereocenters. The van der Waals surface area contributed by atoms with Gasteiger partial charge in [0.25, 0.3) is 0 Å². The summed E-state index contributed by atoms with van der Waals surface area (Å²) in [6, 6.07) is 8.63. The largest absolute Gasteiger partial charge is 0.399 e. The first-order chi connectivity index (χ1) is 14.1. The number of aryl methyl sites for hydroxylation is 3. The molecule has 0 atom stereocenters. The topological polar surface area (TPSA) is 50.3 Å². The number of pyridine rings is 1. The molecule has 5 rings (SSSR count). The lowest BCUT2D eigenvalue weighted by atomic mass is 10.0. The van der Waals surface area contributed by atoms with E-state index >= 15 is 0 Å². The third-order valence-electron chi connectivity index (χ3n) is 6.75. The molecule has 0 radical (unpaired) electrons. The minimum atomic E-state index is 0.909. The highest BCUT2D eigenvalue weighted by Gasteiger charge is 2.22. The van der Waals surface area contributed by atoms with Gasteiger partial charge in [-0.2, -0.15) is 0 Å². The Morgan fingerprint density at radius 2 is 1.86 bits per heavy atom. The van der Waals surface area contributed by atoms with Crippen LogP contribution in [0.15, 0.2) is 30.5 Å². The van der Waals surface area contributed by atoms with Gasteiger partial charge in [-0.05, 0) is 74.1 Å². The van der Waals surface area contributed by atoms with Crippen LogP contribution in [-0.4, -0.2) is 47.2 Å².